The number of benzene rings is 2. The summed E-state index contributed by atoms with van der Waals surface area (Å²) in [6.07, 6.45) is 4.18. The first kappa shape index (κ1) is 16.5. The summed E-state index contributed by atoms with van der Waals surface area (Å²) in [5.74, 6) is 0. The molecule has 3 rings (SSSR count). The number of furan rings is 1. The number of nitro groups is 1. The number of nitro benzene ring substituents is 1. The third kappa shape index (κ3) is 3.59. The highest BCUT2D eigenvalue weighted by Gasteiger charge is 2.34. The molecule has 2 aromatic carbocycles. The van der Waals surface area contributed by atoms with Gasteiger partial charge in [-0.05, 0) is 35.6 Å². The maximum absolute atomic E-state index is 10.9. The van der Waals surface area contributed by atoms with Crippen LogP contribution in [0.5, 0.6) is 0 Å². The Morgan fingerprint density at radius 2 is 1.68 bits per heavy atom. The number of hydrogen-bond donors (Lipinski definition) is 0. The van der Waals surface area contributed by atoms with E-state index >= 15 is 0 Å². The molecule has 0 aliphatic heterocycles. The van der Waals surface area contributed by atoms with Crippen LogP contribution >= 0.6 is 0 Å². The van der Waals surface area contributed by atoms with Crippen molar-refractivity contribution in [2.45, 2.75) is 18.3 Å². The molecule has 0 fully saturated rings. The molecule has 0 N–H and O–H groups in total. The maximum Gasteiger partial charge on any atom is 0.269 e. The topological polar surface area (TPSA) is 80.1 Å². The van der Waals surface area contributed by atoms with Gasteiger partial charge in [0.1, 0.15) is 0 Å². The summed E-state index contributed by atoms with van der Waals surface area (Å²) in [5, 5.41) is 21.0. The van der Waals surface area contributed by atoms with Gasteiger partial charge in [-0.15, -0.1) is 0 Å². The molecule has 0 aliphatic carbocycles. The van der Waals surface area contributed by atoms with Gasteiger partial charge in [-0.25, -0.2) is 0 Å². The zero-order valence-electron chi connectivity index (χ0n) is 13.5. The van der Waals surface area contributed by atoms with Crippen molar-refractivity contribution < 1.29 is 9.34 Å². The summed E-state index contributed by atoms with van der Waals surface area (Å²) in [6.45, 7) is 0. The van der Waals surface area contributed by atoms with Crippen LogP contribution < -0.4 is 0 Å². The summed E-state index contributed by atoms with van der Waals surface area (Å²) >= 11 is 0. The second-order valence-corrected chi connectivity index (χ2v) is 5.97. The van der Waals surface area contributed by atoms with Gasteiger partial charge in [-0.1, -0.05) is 42.5 Å². The fourth-order valence-electron chi connectivity index (χ4n) is 3.00. The Morgan fingerprint density at radius 3 is 2.24 bits per heavy atom. The van der Waals surface area contributed by atoms with E-state index in [2.05, 4.69) is 6.07 Å². The number of hydrogen-bond acceptors (Lipinski definition) is 4. The minimum Gasteiger partial charge on any atom is -0.472 e. The smallest absolute Gasteiger partial charge is 0.269 e. The monoisotopic (exact) mass is 332 g/mol. The summed E-state index contributed by atoms with van der Waals surface area (Å²) < 4.78 is 5.14. The fourth-order valence-corrected chi connectivity index (χ4v) is 3.00. The van der Waals surface area contributed by atoms with E-state index in [-0.39, 0.29) is 5.69 Å². The molecule has 0 aliphatic rings. The third-order valence-electron chi connectivity index (χ3n) is 4.28. The number of rotatable bonds is 6. The molecule has 25 heavy (non-hydrogen) atoms. The van der Waals surface area contributed by atoms with Crippen LogP contribution in [0, 0.1) is 21.4 Å². The molecule has 0 bridgehead atoms. The van der Waals surface area contributed by atoms with Gasteiger partial charge in [0, 0.05) is 12.1 Å². The fraction of sp³-hybridized carbons (Fsp3) is 0.150. The van der Waals surface area contributed by atoms with Crippen LogP contribution in [0.2, 0.25) is 0 Å². The molecular formula is C20H16N2O3. The van der Waals surface area contributed by atoms with Crippen molar-refractivity contribution in [3.05, 3.63) is 100.0 Å². The van der Waals surface area contributed by atoms with E-state index in [0.717, 1.165) is 16.7 Å². The van der Waals surface area contributed by atoms with Crippen molar-refractivity contribution in [3.8, 4) is 6.07 Å². The Kier molecular flexibility index (Phi) is 4.62. The summed E-state index contributed by atoms with van der Waals surface area (Å²) in [6, 6.07) is 20.3. The van der Waals surface area contributed by atoms with Crippen LogP contribution in [0.4, 0.5) is 5.69 Å². The molecule has 0 saturated carbocycles. The minimum atomic E-state index is -0.833. The predicted molar refractivity (Wildman–Crippen MR) is 92.9 cm³/mol. The van der Waals surface area contributed by atoms with Crippen LogP contribution in [0.25, 0.3) is 0 Å². The van der Waals surface area contributed by atoms with Gasteiger partial charge < -0.3 is 4.42 Å². The molecule has 5 heteroatoms. The molecule has 124 valence electrons. The summed E-state index contributed by atoms with van der Waals surface area (Å²) in [4.78, 5) is 10.5. The summed E-state index contributed by atoms with van der Waals surface area (Å²) in [5.41, 5.74) is 1.88. The lowest BCUT2D eigenvalue weighted by Crippen LogP contribution is -2.30. The molecule has 1 aromatic heterocycles. The highest BCUT2D eigenvalue weighted by atomic mass is 16.6. The van der Waals surface area contributed by atoms with Gasteiger partial charge >= 0.3 is 0 Å². The van der Waals surface area contributed by atoms with Gasteiger partial charge in [-0.2, -0.15) is 5.26 Å². The van der Waals surface area contributed by atoms with Crippen molar-refractivity contribution >= 4 is 5.69 Å². The van der Waals surface area contributed by atoms with Gasteiger partial charge in [0.05, 0.1) is 28.9 Å². The molecule has 3 aromatic rings. The van der Waals surface area contributed by atoms with Gasteiger partial charge in [0.25, 0.3) is 5.69 Å². The number of nitrogens with zero attached hydrogens (tertiary/aromatic N) is 2. The molecule has 5 nitrogen and oxygen atoms in total. The molecule has 1 atom stereocenters. The van der Waals surface area contributed by atoms with Gasteiger partial charge in [0.15, 0.2) is 0 Å². The first-order valence-electron chi connectivity index (χ1n) is 7.84. The quantitative estimate of drug-likeness (QED) is 0.494. The first-order valence-corrected chi connectivity index (χ1v) is 7.84. The Morgan fingerprint density at radius 1 is 1.00 bits per heavy atom. The molecule has 0 spiro atoms. The largest absolute Gasteiger partial charge is 0.472 e. The van der Waals surface area contributed by atoms with E-state index < -0.39 is 10.3 Å². The Bertz CT molecular complexity index is 881. The second kappa shape index (κ2) is 7.02. The lowest BCUT2D eigenvalue weighted by atomic mass is 9.73. The van der Waals surface area contributed by atoms with Crippen LogP contribution in [0.1, 0.15) is 16.7 Å². The van der Waals surface area contributed by atoms with E-state index in [9.17, 15) is 15.4 Å². The van der Waals surface area contributed by atoms with Crippen molar-refractivity contribution in [2.24, 2.45) is 0 Å². The average Bonchev–Trinajstić information content (AvgIpc) is 3.15. The molecule has 1 heterocycles. The SMILES string of the molecule is N#CC(Cc1ccccc1)(Cc1ccoc1)c1ccc([N+](=O)[O-])cc1. The van der Waals surface area contributed by atoms with Crippen LogP contribution in [0.15, 0.2) is 77.6 Å². The lowest BCUT2D eigenvalue weighted by Gasteiger charge is -2.27. The molecule has 0 radical (unpaired) electrons. The van der Waals surface area contributed by atoms with E-state index in [0.29, 0.717) is 12.8 Å². The minimum absolute atomic E-state index is 0.0126. The highest BCUT2D eigenvalue weighted by Crippen LogP contribution is 2.33. The molecule has 0 saturated heterocycles. The molecular weight excluding hydrogens is 316 g/mol. The number of non-ortho nitro benzene ring substituents is 1. The van der Waals surface area contributed by atoms with Crippen molar-refractivity contribution in [2.75, 3.05) is 0 Å². The third-order valence-corrected chi connectivity index (χ3v) is 4.28. The average molecular weight is 332 g/mol. The van der Waals surface area contributed by atoms with Crippen LogP contribution in [0.3, 0.4) is 0 Å². The zero-order chi connectivity index (χ0) is 17.7. The standard InChI is InChI=1S/C20H16N2O3/c21-15-20(13-17-10-11-25-14-17,12-16-4-2-1-3-5-16)18-6-8-19(9-7-18)22(23)24/h1-11,14H,12-13H2. The van der Waals surface area contributed by atoms with E-state index in [1.54, 1.807) is 24.7 Å². The van der Waals surface area contributed by atoms with Crippen LogP contribution in [-0.2, 0) is 18.3 Å². The normalized spacial score (nSPS) is 12.9. The molecule has 0 amide bonds. The molecule has 1 unspecified atom stereocenters. The number of nitriles is 1. The zero-order valence-corrected chi connectivity index (χ0v) is 13.5. The van der Waals surface area contributed by atoms with E-state index in [1.807, 2.05) is 36.4 Å². The predicted octanol–water partition coefficient (Wildman–Crippen LogP) is 4.43. The Balaban J connectivity index is 2.03. The van der Waals surface area contributed by atoms with E-state index in [4.69, 9.17) is 4.42 Å². The lowest BCUT2D eigenvalue weighted by molar-refractivity contribution is -0.384. The van der Waals surface area contributed by atoms with Gasteiger partial charge in [0.2, 0.25) is 0 Å². The first-order chi connectivity index (χ1) is 12.1. The maximum atomic E-state index is 10.9. The van der Waals surface area contributed by atoms with Crippen LogP contribution in [-0.4, -0.2) is 4.92 Å². The van der Waals surface area contributed by atoms with Crippen molar-refractivity contribution in [1.29, 1.82) is 5.26 Å². The Hall–Kier alpha value is -3.39. The highest BCUT2D eigenvalue weighted by molar-refractivity contribution is 5.42. The Labute approximate surface area is 145 Å². The summed E-state index contributed by atoms with van der Waals surface area (Å²) in [7, 11) is 0. The van der Waals surface area contributed by atoms with Gasteiger partial charge in [-0.3, -0.25) is 10.1 Å². The van der Waals surface area contributed by atoms with Crippen molar-refractivity contribution in [3.63, 3.8) is 0 Å². The second-order valence-electron chi connectivity index (χ2n) is 5.97. The van der Waals surface area contributed by atoms with Crippen molar-refractivity contribution in [1.82, 2.24) is 0 Å². The van der Waals surface area contributed by atoms with E-state index in [1.165, 1.54) is 12.1 Å².